The average Bonchev–Trinajstić information content (AvgIpc) is 2.58. The quantitative estimate of drug-likeness (QED) is 0.879. The number of aryl methyl sites for hydroxylation is 1. The van der Waals surface area contributed by atoms with Crippen molar-refractivity contribution in [1.82, 2.24) is 10.2 Å². The molecule has 0 spiro atoms. The molecule has 0 fully saturated rings. The fraction of sp³-hybridized carbons (Fsp3) is 0.556. The van der Waals surface area contributed by atoms with Gasteiger partial charge in [0, 0.05) is 7.11 Å². The van der Waals surface area contributed by atoms with E-state index in [9.17, 15) is 4.79 Å². The molecule has 0 bridgehead atoms. The number of amides is 1. The first-order chi connectivity index (χ1) is 7.10. The zero-order valence-corrected chi connectivity index (χ0v) is 10.5. The third kappa shape index (κ3) is 2.79. The first-order valence-corrected chi connectivity index (χ1v) is 5.45. The molecule has 2 N–H and O–H groups in total. The molecular weight excluding hydrogens is 262 g/mol. The molecule has 1 rings (SSSR count). The van der Waals surface area contributed by atoms with Gasteiger partial charge in [-0.15, -0.1) is 0 Å². The van der Waals surface area contributed by atoms with Crippen molar-refractivity contribution in [3.05, 3.63) is 10.2 Å². The monoisotopic (exact) mass is 275 g/mol. The summed E-state index contributed by atoms with van der Waals surface area (Å²) in [6, 6.07) is 0. The zero-order chi connectivity index (χ0) is 11.4. The number of nitrogens with one attached hydrogen (secondary N) is 2. The largest absolute Gasteiger partial charge is 0.372 e. The highest BCUT2D eigenvalue weighted by Gasteiger charge is 2.16. The standard InChI is InChI=1S/C9H14BrN3O2/c1-4-6-7(10)8(13-12-6)11-9(14)5(2)15-3/h5H,4H2,1-3H3,(H2,11,12,13,14)/t5-/m1/s1. The number of methoxy groups -OCH3 is 1. The molecule has 1 amide bonds. The van der Waals surface area contributed by atoms with Gasteiger partial charge in [-0.05, 0) is 29.3 Å². The number of hydrogen-bond acceptors (Lipinski definition) is 3. The third-order valence-corrected chi connectivity index (χ3v) is 2.95. The van der Waals surface area contributed by atoms with Gasteiger partial charge >= 0.3 is 0 Å². The Kier molecular flexibility index (Phi) is 4.28. The first kappa shape index (κ1) is 12.2. The van der Waals surface area contributed by atoms with Crippen molar-refractivity contribution in [2.45, 2.75) is 26.4 Å². The van der Waals surface area contributed by atoms with E-state index >= 15 is 0 Å². The maximum atomic E-state index is 11.5. The molecular formula is C9H14BrN3O2. The number of carbonyl (C=O) groups is 1. The van der Waals surface area contributed by atoms with Crippen LogP contribution in [-0.2, 0) is 16.0 Å². The van der Waals surface area contributed by atoms with E-state index in [4.69, 9.17) is 4.74 Å². The fourth-order valence-electron chi connectivity index (χ4n) is 1.01. The number of aromatic nitrogens is 2. The second-order valence-corrected chi connectivity index (χ2v) is 3.88. The molecule has 1 atom stereocenters. The van der Waals surface area contributed by atoms with Crippen LogP contribution in [0.15, 0.2) is 4.47 Å². The molecule has 1 aromatic heterocycles. The van der Waals surface area contributed by atoms with Gasteiger partial charge in [0.25, 0.3) is 5.91 Å². The van der Waals surface area contributed by atoms with Gasteiger partial charge in [0.2, 0.25) is 0 Å². The smallest absolute Gasteiger partial charge is 0.254 e. The molecule has 5 nitrogen and oxygen atoms in total. The predicted octanol–water partition coefficient (Wildman–Crippen LogP) is 1.71. The molecule has 1 heterocycles. The lowest BCUT2D eigenvalue weighted by Gasteiger charge is -2.08. The highest BCUT2D eigenvalue weighted by Crippen LogP contribution is 2.23. The summed E-state index contributed by atoms with van der Waals surface area (Å²) in [6.07, 6.45) is 0.335. The van der Waals surface area contributed by atoms with Crippen LogP contribution in [0.1, 0.15) is 19.5 Å². The van der Waals surface area contributed by atoms with Gasteiger partial charge in [-0.2, -0.15) is 5.10 Å². The summed E-state index contributed by atoms with van der Waals surface area (Å²) >= 11 is 3.36. The van der Waals surface area contributed by atoms with Gasteiger partial charge in [0.05, 0.1) is 10.2 Å². The number of hydrogen-bond donors (Lipinski definition) is 2. The molecule has 15 heavy (non-hydrogen) atoms. The number of H-pyrrole nitrogens is 1. The van der Waals surface area contributed by atoms with Gasteiger partial charge in [0.1, 0.15) is 6.10 Å². The molecule has 0 aromatic carbocycles. The predicted molar refractivity (Wildman–Crippen MR) is 60.8 cm³/mol. The first-order valence-electron chi connectivity index (χ1n) is 4.66. The number of rotatable bonds is 4. The van der Waals surface area contributed by atoms with Crippen LogP contribution < -0.4 is 5.32 Å². The van der Waals surface area contributed by atoms with Crippen LogP contribution in [0.25, 0.3) is 0 Å². The highest BCUT2D eigenvalue weighted by atomic mass is 79.9. The fourth-order valence-corrected chi connectivity index (χ4v) is 1.56. The van der Waals surface area contributed by atoms with Crippen LogP contribution in [0.4, 0.5) is 5.82 Å². The Morgan fingerprint density at radius 1 is 1.73 bits per heavy atom. The van der Waals surface area contributed by atoms with Gasteiger partial charge in [-0.25, -0.2) is 0 Å². The number of anilines is 1. The minimum Gasteiger partial charge on any atom is -0.372 e. The Balaban J connectivity index is 2.72. The van der Waals surface area contributed by atoms with E-state index in [0.29, 0.717) is 5.82 Å². The second kappa shape index (κ2) is 5.27. The second-order valence-electron chi connectivity index (χ2n) is 3.09. The Bertz CT molecular complexity index is 351. The Morgan fingerprint density at radius 3 is 2.87 bits per heavy atom. The molecule has 0 radical (unpaired) electrons. The lowest BCUT2D eigenvalue weighted by molar-refractivity contribution is -0.124. The van der Waals surface area contributed by atoms with E-state index in [2.05, 4.69) is 31.4 Å². The number of halogens is 1. The summed E-state index contributed by atoms with van der Waals surface area (Å²) in [5, 5.41) is 9.48. The molecule has 0 aliphatic heterocycles. The molecule has 0 saturated heterocycles. The van der Waals surface area contributed by atoms with Crippen LogP contribution in [0.5, 0.6) is 0 Å². The van der Waals surface area contributed by atoms with Crippen LogP contribution in [-0.4, -0.2) is 29.3 Å². The van der Waals surface area contributed by atoms with E-state index in [1.165, 1.54) is 7.11 Å². The van der Waals surface area contributed by atoms with E-state index in [0.717, 1.165) is 16.6 Å². The third-order valence-electron chi connectivity index (χ3n) is 2.09. The summed E-state index contributed by atoms with van der Waals surface area (Å²) < 4.78 is 5.69. The highest BCUT2D eigenvalue weighted by molar-refractivity contribution is 9.10. The summed E-state index contributed by atoms with van der Waals surface area (Å²) in [5.41, 5.74) is 0.954. The van der Waals surface area contributed by atoms with Gasteiger partial charge in [-0.3, -0.25) is 9.89 Å². The molecule has 0 unspecified atom stereocenters. The van der Waals surface area contributed by atoms with Gasteiger partial charge < -0.3 is 10.1 Å². The Labute approximate surface area is 96.7 Å². The summed E-state index contributed by atoms with van der Waals surface area (Å²) in [6.45, 7) is 3.68. The molecule has 6 heteroatoms. The van der Waals surface area contributed by atoms with E-state index < -0.39 is 6.10 Å². The van der Waals surface area contributed by atoms with Crippen molar-refractivity contribution in [3.8, 4) is 0 Å². The average molecular weight is 276 g/mol. The van der Waals surface area contributed by atoms with Crippen molar-refractivity contribution in [2.75, 3.05) is 12.4 Å². The number of nitrogens with zero attached hydrogens (tertiary/aromatic N) is 1. The molecule has 0 aliphatic rings. The molecule has 1 aromatic rings. The Morgan fingerprint density at radius 2 is 2.40 bits per heavy atom. The van der Waals surface area contributed by atoms with Crippen molar-refractivity contribution in [2.24, 2.45) is 0 Å². The van der Waals surface area contributed by atoms with Crippen molar-refractivity contribution in [1.29, 1.82) is 0 Å². The topological polar surface area (TPSA) is 67.0 Å². The van der Waals surface area contributed by atoms with Crippen LogP contribution >= 0.6 is 15.9 Å². The van der Waals surface area contributed by atoms with E-state index in [1.54, 1.807) is 6.92 Å². The van der Waals surface area contributed by atoms with Gasteiger partial charge in [-0.1, -0.05) is 6.92 Å². The SMILES string of the molecule is CCc1[nH]nc(NC(=O)[C@@H](C)OC)c1Br. The normalized spacial score (nSPS) is 12.5. The molecule has 84 valence electrons. The molecule has 0 saturated carbocycles. The zero-order valence-electron chi connectivity index (χ0n) is 8.93. The van der Waals surface area contributed by atoms with E-state index in [1.807, 2.05) is 6.92 Å². The van der Waals surface area contributed by atoms with E-state index in [-0.39, 0.29) is 5.91 Å². The van der Waals surface area contributed by atoms with Gasteiger partial charge in [0.15, 0.2) is 5.82 Å². The summed E-state index contributed by atoms with van der Waals surface area (Å²) in [7, 11) is 1.49. The van der Waals surface area contributed by atoms with Crippen LogP contribution in [0.2, 0.25) is 0 Å². The number of ether oxygens (including phenoxy) is 1. The number of aromatic amines is 1. The molecule has 0 aliphatic carbocycles. The lowest BCUT2D eigenvalue weighted by atomic mass is 10.3. The van der Waals surface area contributed by atoms with Crippen LogP contribution in [0, 0.1) is 0 Å². The maximum Gasteiger partial charge on any atom is 0.254 e. The van der Waals surface area contributed by atoms with Crippen molar-refractivity contribution in [3.63, 3.8) is 0 Å². The van der Waals surface area contributed by atoms with Crippen LogP contribution in [0.3, 0.4) is 0 Å². The Hall–Kier alpha value is -0.880. The minimum atomic E-state index is -0.487. The van der Waals surface area contributed by atoms with Crippen molar-refractivity contribution >= 4 is 27.7 Å². The minimum absolute atomic E-state index is 0.215. The summed E-state index contributed by atoms with van der Waals surface area (Å²) in [4.78, 5) is 11.5. The van der Waals surface area contributed by atoms with Crippen molar-refractivity contribution < 1.29 is 9.53 Å². The number of carbonyl (C=O) groups excluding carboxylic acids is 1. The maximum absolute atomic E-state index is 11.5. The summed E-state index contributed by atoms with van der Waals surface area (Å²) in [5.74, 6) is 0.285. The lowest BCUT2D eigenvalue weighted by Crippen LogP contribution is -2.26.